The van der Waals surface area contributed by atoms with E-state index in [4.69, 9.17) is 0 Å². The summed E-state index contributed by atoms with van der Waals surface area (Å²) in [5, 5.41) is 2.00. The lowest BCUT2D eigenvalue weighted by molar-refractivity contribution is -0.132. The Morgan fingerprint density at radius 1 is 1.38 bits per heavy atom. The zero-order valence-corrected chi connectivity index (χ0v) is 12.1. The van der Waals surface area contributed by atoms with Crippen LogP contribution in [0, 0.1) is 0 Å². The number of nitrogens with one attached hydrogen (secondary N) is 1. The number of likely N-dealkylation sites (tertiary alicyclic amines) is 1. The van der Waals surface area contributed by atoms with Gasteiger partial charge < -0.3 is 4.90 Å². The maximum absolute atomic E-state index is 12.4. The molecule has 2 aromatic heterocycles. The number of H-pyrrole nitrogens is 1. The summed E-state index contributed by atoms with van der Waals surface area (Å²) in [5.41, 5.74) is -1.01. The Kier molecular flexibility index (Phi) is 3.74. The fourth-order valence-electron chi connectivity index (χ4n) is 2.65. The first-order chi connectivity index (χ1) is 10.1. The third-order valence-electron chi connectivity index (χ3n) is 3.65. The molecule has 1 fully saturated rings. The molecule has 0 saturated carbocycles. The second-order valence-corrected chi connectivity index (χ2v) is 5.98. The third-order valence-corrected chi connectivity index (χ3v) is 4.62. The van der Waals surface area contributed by atoms with E-state index in [-0.39, 0.29) is 18.5 Å². The van der Waals surface area contributed by atoms with Gasteiger partial charge in [-0.15, -0.1) is 11.3 Å². The quantitative estimate of drug-likeness (QED) is 0.918. The van der Waals surface area contributed by atoms with E-state index in [1.54, 1.807) is 11.3 Å². The lowest BCUT2D eigenvalue weighted by Gasteiger charge is -2.24. The number of nitrogens with zero attached hydrogens (tertiary/aromatic N) is 2. The normalized spacial score (nSPS) is 18.1. The van der Waals surface area contributed by atoms with Crippen molar-refractivity contribution in [2.24, 2.45) is 0 Å². The van der Waals surface area contributed by atoms with Crippen LogP contribution in [0.3, 0.4) is 0 Å². The van der Waals surface area contributed by atoms with Crippen LogP contribution < -0.4 is 11.2 Å². The van der Waals surface area contributed by atoms with E-state index in [1.165, 1.54) is 21.7 Å². The molecule has 1 N–H and O–H groups in total. The predicted molar refractivity (Wildman–Crippen MR) is 79.3 cm³/mol. The fourth-order valence-corrected chi connectivity index (χ4v) is 3.52. The van der Waals surface area contributed by atoms with Gasteiger partial charge in [-0.1, -0.05) is 6.07 Å². The van der Waals surface area contributed by atoms with Gasteiger partial charge in [-0.3, -0.25) is 19.1 Å². The third kappa shape index (κ3) is 2.82. The summed E-state index contributed by atoms with van der Waals surface area (Å²) in [5.74, 6) is -0.0972. The van der Waals surface area contributed by atoms with Crippen LogP contribution in [0.4, 0.5) is 0 Å². The van der Waals surface area contributed by atoms with Gasteiger partial charge in [-0.2, -0.15) is 0 Å². The van der Waals surface area contributed by atoms with Crippen molar-refractivity contribution in [3.8, 4) is 0 Å². The molecule has 21 heavy (non-hydrogen) atoms. The van der Waals surface area contributed by atoms with Gasteiger partial charge >= 0.3 is 5.69 Å². The van der Waals surface area contributed by atoms with E-state index in [0.29, 0.717) is 6.54 Å². The van der Waals surface area contributed by atoms with Crippen molar-refractivity contribution in [3.63, 3.8) is 0 Å². The van der Waals surface area contributed by atoms with Gasteiger partial charge in [-0.05, 0) is 24.3 Å². The summed E-state index contributed by atoms with van der Waals surface area (Å²) in [7, 11) is 0. The summed E-state index contributed by atoms with van der Waals surface area (Å²) in [4.78, 5) is 40.3. The smallest absolute Gasteiger partial charge is 0.328 e. The molecule has 3 rings (SSSR count). The second-order valence-electron chi connectivity index (χ2n) is 5.00. The highest BCUT2D eigenvalue weighted by molar-refractivity contribution is 7.10. The number of hydrogen-bond acceptors (Lipinski definition) is 4. The minimum Gasteiger partial charge on any atom is -0.333 e. The minimum atomic E-state index is -0.553. The molecular weight excluding hydrogens is 290 g/mol. The first-order valence-electron chi connectivity index (χ1n) is 6.78. The Morgan fingerprint density at radius 2 is 2.24 bits per heavy atom. The first kappa shape index (κ1) is 13.8. The van der Waals surface area contributed by atoms with Gasteiger partial charge in [0.15, 0.2) is 0 Å². The Hall–Kier alpha value is -2.15. The minimum absolute atomic E-state index is 0.0442. The van der Waals surface area contributed by atoms with E-state index < -0.39 is 11.2 Å². The van der Waals surface area contributed by atoms with Crippen molar-refractivity contribution >= 4 is 17.2 Å². The Morgan fingerprint density at radius 3 is 2.95 bits per heavy atom. The molecule has 0 aromatic carbocycles. The molecule has 0 unspecified atom stereocenters. The molecule has 1 aliphatic heterocycles. The molecule has 1 amide bonds. The van der Waals surface area contributed by atoms with Crippen molar-refractivity contribution in [1.82, 2.24) is 14.5 Å². The van der Waals surface area contributed by atoms with Gasteiger partial charge in [-0.25, -0.2) is 4.79 Å². The molecule has 110 valence electrons. The molecule has 1 atom stereocenters. The summed E-state index contributed by atoms with van der Waals surface area (Å²) >= 11 is 1.64. The number of rotatable bonds is 3. The molecule has 6 nitrogen and oxygen atoms in total. The van der Waals surface area contributed by atoms with Crippen LogP contribution in [-0.2, 0) is 11.3 Å². The number of thiophene rings is 1. The maximum Gasteiger partial charge on any atom is 0.328 e. The molecular formula is C14H15N3O3S. The zero-order chi connectivity index (χ0) is 14.8. The second kappa shape index (κ2) is 5.69. The lowest BCUT2D eigenvalue weighted by atomic mass is 10.2. The van der Waals surface area contributed by atoms with Crippen LogP contribution in [0.25, 0.3) is 0 Å². The van der Waals surface area contributed by atoms with Crippen molar-refractivity contribution in [2.45, 2.75) is 25.4 Å². The number of amides is 1. The van der Waals surface area contributed by atoms with Gasteiger partial charge in [0.2, 0.25) is 5.91 Å². The Labute approximate surface area is 124 Å². The maximum atomic E-state index is 12.4. The van der Waals surface area contributed by atoms with Gasteiger partial charge in [0.1, 0.15) is 6.54 Å². The van der Waals surface area contributed by atoms with Crippen molar-refractivity contribution in [1.29, 1.82) is 0 Å². The largest absolute Gasteiger partial charge is 0.333 e. The summed E-state index contributed by atoms with van der Waals surface area (Å²) in [6, 6.07) is 5.37. The van der Waals surface area contributed by atoms with E-state index >= 15 is 0 Å². The number of aromatic nitrogens is 2. The molecule has 7 heteroatoms. The van der Waals surface area contributed by atoms with Crippen LogP contribution in [0.15, 0.2) is 39.4 Å². The number of carbonyl (C=O) groups is 1. The van der Waals surface area contributed by atoms with Crippen molar-refractivity contribution in [2.75, 3.05) is 6.54 Å². The van der Waals surface area contributed by atoms with Crippen LogP contribution in [0.5, 0.6) is 0 Å². The highest BCUT2D eigenvalue weighted by Crippen LogP contribution is 2.34. The molecule has 0 aliphatic carbocycles. The van der Waals surface area contributed by atoms with Crippen molar-refractivity contribution in [3.05, 3.63) is 55.5 Å². The SMILES string of the molecule is O=C(Cn1ccc(=O)[nH]c1=O)N1CCC[C@@H]1c1cccs1. The molecule has 3 heterocycles. The standard InChI is InChI=1S/C14H15N3O3S/c18-12-5-7-16(14(20)15-12)9-13(19)17-6-1-3-10(17)11-4-2-8-21-11/h2,4-5,7-8,10H,1,3,6,9H2,(H,15,18,20)/t10-/m1/s1. The van der Waals surface area contributed by atoms with Crippen molar-refractivity contribution < 1.29 is 4.79 Å². The first-order valence-corrected chi connectivity index (χ1v) is 7.66. The fraction of sp³-hybridized carbons (Fsp3) is 0.357. The molecule has 1 saturated heterocycles. The van der Waals surface area contributed by atoms with E-state index in [0.717, 1.165) is 12.8 Å². The van der Waals surface area contributed by atoms with Crippen LogP contribution in [-0.4, -0.2) is 26.9 Å². The number of hydrogen-bond donors (Lipinski definition) is 1. The number of carbonyl (C=O) groups excluding carboxylic acids is 1. The van der Waals surface area contributed by atoms with E-state index in [1.807, 2.05) is 22.4 Å². The summed E-state index contributed by atoms with van der Waals surface area (Å²) < 4.78 is 1.23. The average molecular weight is 305 g/mol. The van der Waals surface area contributed by atoms with Crippen LogP contribution in [0.2, 0.25) is 0 Å². The highest BCUT2D eigenvalue weighted by Gasteiger charge is 2.30. The average Bonchev–Trinajstić information content (AvgIpc) is 3.10. The lowest BCUT2D eigenvalue weighted by Crippen LogP contribution is -2.37. The predicted octanol–water partition coefficient (Wildman–Crippen LogP) is 0.962. The Balaban J connectivity index is 1.78. The molecule has 0 bridgehead atoms. The van der Waals surface area contributed by atoms with Crippen LogP contribution in [0.1, 0.15) is 23.8 Å². The molecule has 0 spiro atoms. The summed E-state index contributed by atoms with van der Waals surface area (Å²) in [6.45, 7) is 0.664. The highest BCUT2D eigenvalue weighted by atomic mass is 32.1. The molecule has 0 radical (unpaired) electrons. The van der Waals surface area contributed by atoms with Gasteiger partial charge in [0, 0.05) is 23.7 Å². The topological polar surface area (TPSA) is 75.2 Å². The van der Waals surface area contributed by atoms with E-state index in [9.17, 15) is 14.4 Å². The van der Waals surface area contributed by atoms with Gasteiger partial charge in [0.05, 0.1) is 6.04 Å². The number of aromatic amines is 1. The molecule has 2 aromatic rings. The van der Waals surface area contributed by atoms with Crippen LogP contribution >= 0.6 is 11.3 Å². The van der Waals surface area contributed by atoms with E-state index in [2.05, 4.69) is 4.98 Å². The monoisotopic (exact) mass is 305 g/mol. The molecule has 1 aliphatic rings. The zero-order valence-electron chi connectivity index (χ0n) is 11.3. The Bertz CT molecular complexity index is 747. The van der Waals surface area contributed by atoms with Gasteiger partial charge in [0.25, 0.3) is 5.56 Å². The summed E-state index contributed by atoms with van der Waals surface area (Å²) in [6.07, 6.45) is 3.27.